The Morgan fingerprint density at radius 2 is 2.33 bits per heavy atom. The molecule has 0 amide bonds. The van der Waals surface area contributed by atoms with Gasteiger partial charge in [0.25, 0.3) is 5.56 Å². The molecule has 0 saturated heterocycles. The molecular formula is C8H10BrNO2. The predicted octanol–water partition coefficient (Wildman–Crippen LogP) is 1.29. The van der Waals surface area contributed by atoms with E-state index in [9.17, 15) is 4.79 Å². The molecule has 0 fully saturated rings. The van der Waals surface area contributed by atoms with Crippen LogP contribution in [0.4, 0.5) is 0 Å². The molecular weight excluding hydrogens is 222 g/mol. The SMILES string of the molecule is COCc1cc(=O)n(C)cc1Br. The highest BCUT2D eigenvalue weighted by molar-refractivity contribution is 9.10. The summed E-state index contributed by atoms with van der Waals surface area (Å²) < 4.78 is 7.34. The fourth-order valence-corrected chi connectivity index (χ4v) is 1.44. The first-order chi connectivity index (χ1) is 5.65. The summed E-state index contributed by atoms with van der Waals surface area (Å²) in [6, 6.07) is 1.56. The molecule has 66 valence electrons. The number of methoxy groups -OCH3 is 1. The molecule has 0 aliphatic rings. The van der Waals surface area contributed by atoms with Crippen molar-refractivity contribution in [3.05, 3.63) is 32.7 Å². The highest BCUT2D eigenvalue weighted by Gasteiger charge is 2.01. The van der Waals surface area contributed by atoms with Crippen LogP contribution >= 0.6 is 15.9 Å². The van der Waals surface area contributed by atoms with E-state index in [1.54, 1.807) is 26.4 Å². The number of rotatable bonds is 2. The second-order valence-electron chi connectivity index (χ2n) is 2.53. The molecule has 0 radical (unpaired) electrons. The highest BCUT2D eigenvalue weighted by Crippen LogP contribution is 2.13. The summed E-state index contributed by atoms with van der Waals surface area (Å²) in [5.41, 5.74) is 0.853. The average molecular weight is 232 g/mol. The van der Waals surface area contributed by atoms with Crippen molar-refractivity contribution in [2.75, 3.05) is 7.11 Å². The summed E-state index contributed by atoms with van der Waals surface area (Å²) in [4.78, 5) is 11.2. The van der Waals surface area contributed by atoms with Crippen LogP contribution in [0.25, 0.3) is 0 Å². The number of halogens is 1. The Kier molecular flexibility index (Phi) is 3.05. The zero-order valence-corrected chi connectivity index (χ0v) is 8.59. The standard InChI is InChI=1S/C8H10BrNO2/c1-10-4-7(9)6(5-12-2)3-8(10)11/h3-4H,5H2,1-2H3. The molecule has 0 N–H and O–H groups in total. The van der Waals surface area contributed by atoms with E-state index in [-0.39, 0.29) is 5.56 Å². The molecule has 0 saturated carbocycles. The van der Waals surface area contributed by atoms with E-state index in [4.69, 9.17) is 4.74 Å². The average Bonchev–Trinajstić information content (AvgIpc) is 2.01. The molecule has 0 aliphatic heterocycles. The van der Waals surface area contributed by atoms with Gasteiger partial charge in [-0.3, -0.25) is 4.79 Å². The van der Waals surface area contributed by atoms with Crippen LogP contribution in [0.2, 0.25) is 0 Å². The Morgan fingerprint density at radius 3 is 2.92 bits per heavy atom. The minimum Gasteiger partial charge on any atom is -0.380 e. The van der Waals surface area contributed by atoms with E-state index in [1.807, 2.05) is 0 Å². The lowest BCUT2D eigenvalue weighted by molar-refractivity contribution is 0.184. The Bertz CT molecular complexity index is 332. The number of pyridine rings is 1. The van der Waals surface area contributed by atoms with Crippen LogP contribution in [-0.4, -0.2) is 11.7 Å². The number of nitrogens with zero attached hydrogens (tertiary/aromatic N) is 1. The maximum Gasteiger partial charge on any atom is 0.250 e. The number of hydrogen-bond acceptors (Lipinski definition) is 2. The van der Waals surface area contributed by atoms with Gasteiger partial charge in [-0.25, -0.2) is 0 Å². The topological polar surface area (TPSA) is 31.2 Å². The Hall–Kier alpha value is -0.610. The van der Waals surface area contributed by atoms with Crippen LogP contribution in [0.3, 0.4) is 0 Å². The fourth-order valence-electron chi connectivity index (χ4n) is 0.902. The molecule has 0 atom stereocenters. The van der Waals surface area contributed by atoms with Crippen molar-refractivity contribution in [2.24, 2.45) is 7.05 Å². The highest BCUT2D eigenvalue weighted by atomic mass is 79.9. The molecule has 1 aromatic heterocycles. The molecule has 1 rings (SSSR count). The maximum atomic E-state index is 11.2. The van der Waals surface area contributed by atoms with Gasteiger partial charge in [-0.2, -0.15) is 0 Å². The predicted molar refractivity (Wildman–Crippen MR) is 50.1 cm³/mol. The number of hydrogen-bond donors (Lipinski definition) is 0. The second-order valence-corrected chi connectivity index (χ2v) is 3.38. The lowest BCUT2D eigenvalue weighted by atomic mass is 10.3. The van der Waals surface area contributed by atoms with Crippen molar-refractivity contribution in [2.45, 2.75) is 6.61 Å². The molecule has 3 nitrogen and oxygen atoms in total. The first-order valence-corrected chi connectivity index (χ1v) is 4.28. The van der Waals surface area contributed by atoms with Crippen LogP contribution in [0.5, 0.6) is 0 Å². The summed E-state index contributed by atoms with van der Waals surface area (Å²) in [6.45, 7) is 0.455. The number of ether oxygens (including phenoxy) is 1. The van der Waals surface area contributed by atoms with E-state index in [0.29, 0.717) is 6.61 Å². The van der Waals surface area contributed by atoms with Crippen LogP contribution in [-0.2, 0) is 18.4 Å². The van der Waals surface area contributed by atoms with E-state index in [1.165, 1.54) is 4.57 Å². The Balaban J connectivity index is 3.14. The molecule has 12 heavy (non-hydrogen) atoms. The van der Waals surface area contributed by atoms with Crippen molar-refractivity contribution in [1.82, 2.24) is 4.57 Å². The second kappa shape index (κ2) is 3.87. The van der Waals surface area contributed by atoms with Gasteiger partial charge in [0.15, 0.2) is 0 Å². The van der Waals surface area contributed by atoms with Gasteiger partial charge in [0.2, 0.25) is 0 Å². The fraction of sp³-hybridized carbons (Fsp3) is 0.375. The van der Waals surface area contributed by atoms with Crippen molar-refractivity contribution in [3.8, 4) is 0 Å². The summed E-state index contributed by atoms with van der Waals surface area (Å²) >= 11 is 3.34. The molecule has 0 unspecified atom stereocenters. The van der Waals surface area contributed by atoms with Crippen molar-refractivity contribution < 1.29 is 4.74 Å². The van der Waals surface area contributed by atoms with Crippen LogP contribution in [0.1, 0.15) is 5.56 Å². The largest absolute Gasteiger partial charge is 0.380 e. The molecule has 0 aromatic carbocycles. The smallest absolute Gasteiger partial charge is 0.250 e. The molecule has 0 spiro atoms. The van der Waals surface area contributed by atoms with Crippen LogP contribution in [0.15, 0.2) is 21.5 Å². The third-order valence-electron chi connectivity index (χ3n) is 1.56. The summed E-state index contributed by atoms with van der Waals surface area (Å²) in [5, 5.41) is 0. The van der Waals surface area contributed by atoms with E-state index < -0.39 is 0 Å². The van der Waals surface area contributed by atoms with Gasteiger partial charge in [-0.15, -0.1) is 0 Å². The molecule has 1 aromatic rings. The van der Waals surface area contributed by atoms with Gasteiger partial charge in [0, 0.05) is 30.9 Å². The van der Waals surface area contributed by atoms with Crippen LogP contribution < -0.4 is 5.56 Å². The van der Waals surface area contributed by atoms with E-state index >= 15 is 0 Å². The molecule has 0 bridgehead atoms. The van der Waals surface area contributed by atoms with Gasteiger partial charge in [-0.1, -0.05) is 0 Å². The minimum atomic E-state index is -0.0229. The number of aromatic nitrogens is 1. The summed E-state index contributed by atoms with van der Waals surface area (Å²) in [7, 11) is 3.31. The normalized spacial score (nSPS) is 10.2. The van der Waals surface area contributed by atoms with Crippen molar-refractivity contribution >= 4 is 15.9 Å². The van der Waals surface area contributed by atoms with E-state index in [0.717, 1.165) is 10.0 Å². The molecule has 4 heteroatoms. The first kappa shape index (κ1) is 9.48. The number of aryl methyl sites for hydroxylation is 1. The molecule has 1 heterocycles. The third-order valence-corrected chi connectivity index (χ3v) is 2.27. The third kappa shape index (κ3) is 1.95. The van der Waals surface area contributed by atoms with Crippen molar-refractivity contribution in [3.63, 3.8) is 0 Å². The van der Waals surface area contributed by atoms with Crippen molar-refractivity contribution in [1.29, 1.82) is 0 Å². The monoisotopic (exact) mass is 231 g/mol. The zero-order valence-electron chi connectivity index (χ0n) is 7.00. The van der Waals surface area contributed by atoms with Gasteiger partial charge in [0.1, 0.15) is 0 Å². The van der Waals surface area contributed by atoms with Gasteiger partial charge in [-0.05, 0) is 21.5 Å². The minimum absolute atomic E-state index is 0.0229. The Labute approximate surface area is 79.1 Å². The van der Waals surface area contributed by atoms with Gasteiger partial charge < -0.3 is 9.30 Å². The van der Waals surface area contributed by atoms with E-state index in [2.05, 4.69) is 15.9 Å². The first-order valence-electron chi connectivity index (χ1n) is 3.49. The lowest BCUT2D eigenvalue weighted by Crippen LogP contribution is -2.16. The lowest BCUT2D eigenvalue weighted by Gasteiger charge is -2.04. The molecule has 0 aliphatic carbocycles. The summed E-state index contributed by atoms with van der Waals surface area (Å²) in [6.07, 6.45) is 1.73. The quantitative estimate of drug-likeness (QED) is 0.769. The maximum absolute atomic E-state index is 11.2. The van der Waals surface area contributed by atoms with Gasteiger partial charge in [0.05, 0.1) is 6.61 Å². The van der Waals surface area contributed by atoms with Crippen LogP contribution in [0, 0.1) is 0 Å². The summed E-state index contributed by atoms with van der Waals surface area (Å²) in [5.74, 6) is 0. The van der Waals surface area contributed by atoms with Gasteiger partial charge >= 0.3 is 0 Å². The Morgan fingerprint density at radius 1 is 1.67 bits per heavy atom. The zero-order chi connectivity index (χ0) is 9.14.